The van der Waals surface area contributed by atoms with Crippen molar-refractivity contribution in [3.8, 4) is 0 Å². The van der Waals surface area contributed by atoms with Gasteiger partial charge in [-0.2, -0.15) is 0 Å². The van der Waals surface area contributed by atoms with Gasteiger partial charge in [0.15, 0.2) is 11.6 Å². The standard InChI is InChI=1S/C10H11F2N3O/c1-16-7(4-13)10-14-6-3-2-5(11)8(12)9(6)15-10/h2-3,7H,4,13H2,1H3,(H,14,15). The molecule has 16 heavy (non-hydrogen) atoms. The van der Waals surface area contributed by atoms with Gasteiger partial charge in [-0.25, -0.2) is 13.8 Å². The topological polar surface area (TPSA) is 63.9 Å². The molecule has 0 fully saturated rings. The molecule has 4 nitrogen and oxygen atoms in total. The van der Waals surface area contributed by atoms with Crippen molar-refractivity contribution in [3.63, 3.8) is 0 Å². The molecule has 0 spiro atoms. The summed E-state index contributed by atoms with van der Waals surface area (Å²) in [6.45, 7) is 0.209. The van der Waals surface area contributed by atoms with Crippen molar-refractivity contribution in [2.45, 2.75) is 6.10 Å². The summed E-state index contributed by atoms with van der Waals surface area (Å²) in [5.74, 6) is -1.50. The summed E-state index contributed by atoms with van der Waals surface area (Å²) in [5.41, 5.74) is 5.84. The summed E-state index contributed by atoms with van der Waals surface area (Å²) in [6.07, 6.45) is -0.449. The lowest BCUT2D eigenvalue weighted by Gasteiger charge is -2.08. The van der Waals surface area contributed by atoms with E-state index in [2.05, 4.69) is 9.97 Å². The fraction of sp³-hybridized carbons (Fsp3) is 0.300. The molecule has 0 aliphatic carbocycles. The molecular formula is C10H11F2N3O. The Hall–Kier alpha value is -1.53. The van der Waals surface area contributed by atoms with Gasteiger partial charge in [-0.05, 0) is 12.1 Å². The van der Waals surface area contributed by atoms with Crippen LogP contribution in [0.1, 0.15) is 11.9 Å². The molecule has 1 heterocycles. The maximum Gasteiger partial charge on any atom is 0.186 e. The molecule has 0 saturated carbocycles. The second-order valence-corrected chi connectivity index (χ2v) is 3.34. The van der Waals surface area contributed by atoms with Gasteiger partial charge in [0.05, 0.1) is 5.52 Å². The molecule has 1 unspecified atom stereocenters. The Labute approximate surface area is 90.4 Å². The summed E-state index contributed by atoms with van der Waals surface area (Å²) in [6, 6.07) is 2.47. The molecule has 86 valence electrons. The zero-order valence-electron chi connectivity index (χ0n) is 8.63. The van der Waals surface area contributed by atoms with Crippen LogP contribution >= 0.6 is 0 Å². The second-order valence-electron chi connectivity index (χ2n) is 3.34. The van der Waals surface area contributed by atoms with Gasteiger partial charge in [-0.3, -0.25) is 0 Å². The van der Waals surface area contributed by atoms with Crippen LogP contribution < -0.4 is 5.73 Å². The Morgan fingerprint density at radius 1 is 1.50 bits per heavy atom. The Kier molecular flexibility index (Phi) is 2.84. The summed E-state index contributed by atoms with van der Waals surface area (Å²) >= 11 is 0. The maximum absolute atomic E-state index is 13.4. The van der Waals surface area contributed by atoms with Crippen molar-refractivity contribution in [1.82, 2.24) is 9.97 Å². The molecule has 3 N–H and O–H groups in total. The van der Waals surface area contributed by atoms with Crippen molar-refractivity contribution in [2.75, 3.05) is 13.7 Å². The maximum atomic E-state index is 13.4. The quantitative estimate of drug-likeness (QED) is 0.834. The van der Waals surface area contributed by atoms with Crippen molar-refractivity contribution < 1.29 is 13.5 Å². The summed E-state index contributed by atoms with van der Waals surface area (Å²) in [4.78, 5) is 6.78. The van der Waals surface area contributed by atoms with Gasteiger partial charge < -0.3 is 15.5 Å². The SMILES string of the molecule is COC(CN)c1nc2c(F)c(F)ccc2[nH]1. The van der Waals surface area contributed by atoms with E-state index >= 15 is 0 Å². The largest absolute Gasteiger partial charge is 0.372 e. The number of nitrogens with one attached hydrogen (secondary N) is 1. The van der Waals surface area contributed by atoms with Gasteiger partial charge >= 0.3 is 0 Å². The Bertz CT molecular complexity index is 508. The van der Waals surface area contributed by atoms with Crippen molar-refractivity contribution >= 4 is 11.0 Å². The van der Waals surface area contributed by atoms with Crippen LogP contribution in [0.3, 0.4) is 0 Å². The zero-order valence-corrected chi connectivity index (χ0v) is 8.63. The fourth-order valence-corrected chi connectivity index (χ4v) is 1.51. The van der Waals surface area contributed by atoms with E-state index in [0.717, 1.165) is 6.07 Å². The van der Waals surface area contributed by atoms with Crippen LogP contribution in [-0.4, -0.2) is 23.6 Å². The Morgan fingerprint density at radius 2 is 2.25 bits per heavy atom. The minimum Gasteiger partial charge on any atom is -0.372 e. The molecule has 1 aromatic heterocycles. The number of fused-ring (bicyclic) bond motifs is 1. The third-order valence-electron chi connectivity index (χ3n) is 2.37. The third-order valence-corrected chi connectivity index (χ3v) is 2.37. The predicted molar refractivity (Wildman–Crippen MR) is 54.8 cm³/mol. The van der Waals surface area contributed by atoms with Gasteiger partial charge in [0.2, 0.25) is 0 Å². The lowest BCUT2D eigenvalue weighted by atomic mass is 10.3. The van der Waals surface area contributed by atoms with E-state index in [9.17, 15) is 8.78 Å². The Balaban J connectivity index is 2.55. The van der Waals surface area contributed by atoms with Crippen molar-refractivity contribution in [2.24, 2.45) is 5.73 Å². The van der Waals surface area contributed by atoms with E-state index < -0.39 is 17.7 Å². The van der Waals surface area contributed by atoms with E-state index in [4.69, 9.17) is 10.5 Å². The first-order valence-electron chi connectivity index (χ1n) is 4.73. The van der Waals surface area contributed by atoms with Crippen LogP contribution in [-0.2, 0) is 4.74 Å². The first kappa shape index (κ1) is 11.0. The van der Waals surface area contributed by atoms with Gasteiger partial charge in [-0.15, -0.1) is 0 Å². The summed E-state index contributed by atoms with van der Waals surface area (Å²) in [7, 11) is 1.47. The van der Waals surface area contributed by atoms with E-state index in [1.54, 1.807) is 0 Å². The average molecular weight is 227 g/mol. The van der Waals surface area contributed by atoms with E-state index in [-0.39, 0.29) is 12.1 Å². The van der Waals surface area contributed by atoms with Gasteiger partial charge in [0.1, 0.15) is 17.4 Å². The summed E-state index contributed by atoms with van der Waals surface area (Å²) < 4.78 is 31.3. The molecule has 0 saturated heterocycles. The van der Waals surface area contributed by atoms with Gasteiger partial charge in [0, 0.05) is 13.7 Å². The average Bonchev–Trinajstić information content (AvgIpc) is 2.70. The third kappa shape index (κ3) is 1.66. The van der Waals surface area contributed by atoms with E-state index in [1.165, 1.54) is 13.2 Å². The first-order chi connectivity index (χ1) is 7.67. The number of hydrogen-bond acceptors (Lipinski definition) is 3. The highest BCUT2D eigenvalue weighted by Crippen LogP contribution is 2.21. The highest BCUT2D eigenvalue weighted by atomic mass is 19.2. The molecule has 1 aromatic carbocycles. The number of benzene rings is 1. The number of rotatable bonds is 3. The van der Waals surface area contributed by atoms with Crippen LogP contribution in [0.2, 0.25) is 0 Å². The number of ether oxygens (including phenoxy) is 1. The molecule has 0 aliphatic rings. The minimum absolute atomic E-state index is 0.0366. The predicted octanol–water partition coefficient (Wildman–Crippen LogP) is 1.49. The molecule has 2 aromatic rings. The van der Waals surface area contributed by atoms with Gasteiger partial charge in [0.25, 0.3) is 0 Å². The molecule has 0 amide bonds. The number of nitrogens with zero attached hydrogens (tertiary/aromatic N) is 1. The van der Waals surface area contributed by atoms with Crippen LogP contribution in [0.5, 0.6) is 0 Å². The lowest BCUT2D eigenvalue weighted by Crippen LogP contribution is -2.15. The molecule has 2 rings (SSSR count). The smallest absolute Gasteiger partial charge is 0.186 e. The van der Waals surface area contributed by atoms with Crippen LogP contribution in [0.15, 0.2) is 12.1 Å². The van der Waals surface area contributed by atoms with Gasteiger partial charge in [-0.1, -0.05) is 0 Å². The lowest BCUT2D eigenvalue weighted by molar-refractivity contribution is 0.104. The number of halogens is 2. The van der Waals surface area contributed by atoms with Crippen LogP contribution in [0.4, 0.5) is 8.78 Å². The second kappa shape index (κ2) is 4.15. The highest BCUT2D eigenvalue weighted by molar-refractivity contribution is 5.75. The highest BCUT2D eigenvalue weighted by Gasteiger charge is 2.16. The molecule has 1 atom stereocenters. The molecule has 0 radical (unpaired) electrons. The van der Waals surface area contributed by atoms with Crippen molar-refractivity contribution in [3.05, 3.63) is 29.6 Å². The van der Waals surface area contributed by atoms with E-state index in [1.807, 2.05) is 0 Å². The Morgan fingerprint density at radius 3 is 2.88 bits per heavy atom. The number of methoxy groups -OCH3 is 1. The number of aromatic amines is 1. The molecule has 0 aliphatic heterocycles. The normalized spacial score (nSPS) is 13.2. The summed E-state index contributed by atoms with van der Waals surface area (Å²) in [5, 5.41) is 0. The number of H-pyrrole nitrogens is 1. The minimum atomic E-state index is -0.966. The number of nitrogens with two attached hydrogens (primary N) is 1. The van der Waals surface area contributed by atoms with Crippen molar-refractivity contribution in [1.29, 1.82) is 0 Å². The monoisotopic (exact) mass is 227 g/mol. The number of aromatic nitrogens is 2. The van der Waals surface area contributed by atoms with Crippen LogP contribution in [0, 0.1) is 11.6 Å². The molecule has 6 heteroatoms. The molecular weight excluding hydrogens is 216 g/mol. The first-order valence-corrected chi connectivity index (χ1v) is 4.73. The number of hydrogen-bond donors (Lipinski definition) is 2. The van der Waals surface area contributed by atoms with Crippen LogP contribution in [0.25, 0.3) is 11.0 Å². The molecule has 0 bridgehead atoms. The number of imidazole rings is 1. The van der Waals surface area contributed by atoms with E-state index in [0.29, 0.717) is 11.3 Å². The zero-order chi connectivity index (χ0) is 11.7. The fourth-order valence-electron chi connectivity index (χ4n) is 1.51.